The molecule has 0 saturated heterocycles. The molecule has 0 aliphatic heterocycles. The van der Waals surface area contributed by atoms with E-state index in [-0.39, 0.29) is 5.56 Å². The molecule has 0 aliphatic carbocycles. The summed E-state index contributed by atoms with van der Waals surface area (Å²) >= 11 is 1.48. The highest BCUT2D eigenvalue weighted by Crippen LogP contribution is 2.25. The number of hydrogen-bond donors (Lipinski definition) is 1. The normalized spacial score (nSPS) is 10.4. The number of nitrogens with zero attached hydrogens (tertiary/aromatic N) is 2. The Labute approximate surface area is 107 Å². The van der Waals surface area contributed by atoms with Gasteiger partial charge in [0.1, 0.15) is 5.01 Å². The predicted molar refractivity (Wildman–Crippen MR) is 71.4 cm³/mol. The molecule has 0 fully saturated rings. The third-order valence-electron chi connectivity index (χ3n) is 2.48. The van der Waals surface area contributed by atoms with E-state index in [1.165, 1.54) is 11.3 Å². The maximum Gasteiger partial charge on any atom is 0.257 e. The molecular weight excluding hydrogens is 246 g/mol. The number of pyridine rings is 2. The second-order valence-corrected chi connectivity index (χ2v) is 4.52. The van der Waals surface area contributed by atoms with Gasteiger partial charge in [0, 0.05) is 17.8 Å². The number of nitrogens with one attached hydrogen (secondary N) is 1. The lowest BCUT2D eigenvalue weighted by Gasteiger charge is -1.94. The average Bonchev–Trinajstić information content (AvgIpc) is 2.90. The quantitative estimate of drug-likeness (QED) is 0.765. The average molecular weight is 255 g/mol. The van der Waals surface area contributed by atoms with Gasteiger partial charge >= 0.3 is 0 Å². The summed E-state index contributed by atoms with van der Waals surface area (Å²) in [7, 11) is 0. The molecule has 0 unspecified atom stereocenters. The van der Waals surface area contributed by atoms with E-state index in [2.05, 4.69) is 15.0 Å². The zero-order valence-corrected chi connectivity index (χ0v) is 10.1. The molecule has 0 radical (unpaired) electrons. The third kappa shape index (κ3) is 1.96. The van der Waals surface area contributed by atoms with Gasteiger partial charge in [-0.2, -0.15) is 0 Å². The van der Waals surface area contributed by atoms with E-state index in [9.17, 15) is 4.79 Å². The van der Waals surface area contributed by atoms with E-state index in [1.54, 1.807) is 24.5 Å². The summed E-state index contributed by atoms with van der Waals surface area (Å²) in [5.41, 5.74) is 1.95. The molecule has 3 aromatic heterocycles. The predicted octanol–water partition coefficient (Wildman–Crippen LogP) is 2.56. The Morgan fingerprint density at radius 2 is 2.06 bits per heavy atom. The van der Waals surface area contributed by atoms with E-state index >= 15 is 0 Å². The van der Waals surface area contributed by atoms with Crippen molar-refractivity contribution in [2.75, 3.05) is 0 Å². The van der Waals surface area contributed by atoms with E-state index < -0.39 is 0 Å². The van der Waals surface area contributed by atoms with Crippen molar-refractivity contribution in [2.45, 2.75) is 0 Å². The van der Waals surface area contributed by atoms with Gasteiger partial charge in [-0.25, -0.2) is 4.98 Å². The fraction of sp³-hybridized carbons (Fsp3) is 0. The van der Waals surface area contributed by atoms with Crippen LogP contribution in [0.2, 0.25) is 0 Å². The lowest BCUT2D eigenvalue weighted by Crippen LogP contribution is -2.06. The molecular formula is C13H9N3OS. The van der Waals surface area contributed by atoms with Crippen molar-refractivity contribution in [3.05, 3.63) is 58.5 Å². The van der Waals surface area contributed by atoms with Crippen LogP contribution in [-0.4, -0.2) is 15.0 Å². The fourth-order valence-corrected chi connectivity index (χ4v) is 2.42. The zero-order chi connectivity index (χ0) is 12.4. The van der Waals surface area contributed by atoms with Crippen molar-refractivity contribution >= 4 is 11.3 Å². The fourth-order valence-electron chi connectivity index (χ4n) is 1.63. The molecule has 3 aromatic rings. The lowest BCUT2D eigenvalue weighted by atomic mass is 10.2. The number of rotatable bonds is 2. The van der Waals surface area contributed by atoms with Gasteiger partial charge in [0.15, 0.2) is 0 Å². The minimum atomic E-state index is -0.129. The monoisotopic (exact) mass is 255 g/mol. The van der Waals surface area contributed by atoms with Gasteiger partial charge in [-0.05, 0) is 24.3 Å². The number of aromatic amines is 1. The smallest absolute Gasteiger partial charge is 0.257 e. The highest BCUT2D eigenvalue weighted by atomic mass is 32.1. The second kappa shape index (κ2) is 4.54. The molecule has 0 amide bonds. The van der Waals surface area contributed by atoms with Crippen LogP contribution in [-0.2, 0) is 0 Å². The Morgan fingerprint density at radius 3 is 2.83 bits per heavy atom. The number of aromatic nitrogens is 3. The first-order valence-electron chi connectivity index (χ1n) is 5.39. The summed E-state index contributed by atoms with van der Waals surface area (Å²) in [6.07, 6.45) is 3.34. The molecule has 4 nitrogen and oxygen atoms in total. The van der Waals surface area contributed by atoms with E-state index in [1.807, 2.05) is 23.6 Å². The molecule has 88 valence electrons. The van der Waals surface area contributed by atoms with Crippen LogP contribution < -0.4 is 5.56 Å². The van der Waals surface area contributed by atoms with Crippen LogP contribution in [0, 0.1) is 0 Å². The van der Waals surface area contributed by atoms with Gasteiger partial charge in [0.25, 0.3) is 5.56 Å². The van der Waals surface area contributed by atoms with Gasteiger partial charge in [0.2, 0.25) is 0 Å². The Kier molecular flexibility index (Phi) is 2.74. The molecule has 3 heterocycles. The maximum absolute atomic E-state index is 11.7. The second-order valence-electron chi connectivity index (χ2n) is 3.67. The SMILES string of the molecule is O=c1[nH]cccc1-c1csc(-c2ccccn2)n1. The van der Waals surface area contributed by atoms with Crippen LogP contribution in [0.5, 0.6) is 0 Å². The standard InChI is InChI=1S/C13H9N3OS/c17-12-9(4-3-7-15-12)11-8-18-13(16-11)10-5-1-2-6-14-10/h1-8H,(H,15,17). The van der Waals surface area contributed by atoms with Crippen LogP contribution in [0.25, 0.3) is 22.0 Å². The van der Waals surface area contributed by atoms with Crippen LogP contribution >= 0.6 is 11.3 Å². The van der Waals surface area contributed by atoms with Gasteiger partial charge < -0.3 is 4.98 Å². The van der Waals surface area contributed by atoms with Crippen molar-refractivity contribution in [2.24, 2.45) is 0 Å². The van der Waals surface area contributed by atoms with Gasteiger partial charge in [-0.1, -0.05) is 6.07 Å². The zero-order valence-electron chi connectivity index (χ0n) is 9.33. The molecule has 0 saturated carbocycles. The topological polar surface area (TPSA) is 58.6 Å². The highest BCUT2D eigenvalue weighted by Gasteiger charge is 2.09. The molecule has 18 heavy (non-hydrogen) atoms. The van der Waals surface area contributed by atoms with Crippen molar-refractivity contribution in [3.8, 4) is 22.0 Å². The Balaban J connectivity index is 2.06. The number of H-pyrrole nitrogens is 1. The first-order chi connectivity index (χ1) is 8.84. The molecule has 0 aliphatic rings. The summed E-state index contributed by atoms with van der Waals surface area (Å²) in [6, 6.07) is 9.23. The first kappa shape index (κ1) is 10.9. The molecule has 0 atom stereocenters. The molecule has 5 heteroatoms. The molecule has 3 rings (SSSR count). The van der Waals surface area contributed by atoms with Gasteiger partial charge in [-0.3, -0.25) is 9.78 Å². The maximum atomic E-state index is 11.7. The summed E-state index contributed by atoms with van der Waals surface area (Å²) in [6.45, 7) is 0. The Morgan fingerprint density at radius 1 is 1.11 bits per heavy atom. The van der Waals surface area contributed by atoms with Gasteiger partial charge in [-0.15, -0.1) is 11.3 Å². The van der Waals surface area contributed by atoms with Crippen LogP contribution in [0.15, 0.2) is 52.9 Å². The lowest BCUT2D eigenvalue weighted by molar-refractivity contribution is 1.22. The minimum absolute atomic E-state index is 0.129. The first-order valence-corrected chi connectivity index (χ1v) is 6.27. The van der Waals surface area contributed by atoms with Crippen molar-refractivity contribution in [1.82, 2.24) is 15.0 Å². The van der Waals surface area contributed by atoms with Crippen molar-refractivity contribution in [3.63, 3.8) is 0 Å². The molecule has 1 N–H and O–H groups in total. The molecule has 0 aromatic carbocycles. The van der Waals surface area contributed by atoms with Crippen LogP contribution in [0.1, 0.15) is 0 Å². The van der Waals surface area contributed by atoms with Crippen LogP contribution in [0.3, 0.4) is 0 Å². The molecule has 0 spiro atoms. The number of hydrogen-bond acceptors (Lipinski definition) is 4. The summed E-state index contributed by atoms with van der Waals surface area (Å²) < 4.78 is 0. The molecule has 0 bridgehead atoms. The highest BCUT2D eigenvalue weighted by molar-refractivity contribution is 7.13. The minimum Gasteiger partial charge on any atom is -0.329 e. The van der Waals surface area contributed by atoms with Gasteiger partial charge in [0.05, 0.1) is 17.0 Å². The van der Waals surface area contributed by atoms with E-state index in [0.717, 1.165) is 10.7 Å². The third-order valence-corrected chi connectivity index (χ3v) is 3.35. The largest absolute Gasteiger partial charge is 0.329 e. The van der Waals surface area contributed by atoms with E-state index in [0.29, 0.717) is 11.3 Å². The summed E-state index contributed by atoms with van der Waals surface area (Å²) in [5.74, 6) is 0. The summed E-state index contributed by atoms with van der Waals surface area (Å²) in [4.78, 5) is 23.0. The Bertz CT molecular complexity index is 718. The van der Waals surface area contributed by atoms with Crippen molar-refractivity contribution < 1.29 is 0 Å². The summed E-state index contributed by atoms with van der Waals surface area (Å²) in [5, 5.41) is 2.68. The number of thiazole rings is 1. The Hall–Kier alpha value is -2.27. The van der Waals surface area contributed by atoms with Crippen LogP contribution in [0.4, 0.5) is 0 Å². The van der Waals surface area contributed by atoms with Crippen molar-refractivity contribution in [1.29, 1.82) is 0 Å². The van der Waals surface area contributed by atoms with E-state index in [4.69, 9.17) is 0 Å².